The van der Waals surface area contributed by atoms with E-state index in [4.69, 9.17) is 0 Å². The highest BCUT2D eigenvalue weighted by atomic mass is 35.5. The molecule has 0 amide bonds. The molecule has 5 rings (SSSR count). The number of nitrogens with zero attached hydrogens (tertiary/aromatic N) is 1. The molecule has 3 unspecified atom stereocenters. The lowest BCUT2D eigenvalue weighted by Gasteiger charge is -2.35. The maximum Gasteiger partial charge on any atom is 0.306 e. The number of carboxylic acid groups (broad SMARTS) is 1. The number of sulfone groups is 1. The van der Waals surface area contributed by atoms with Crippen molar-refractivity contribution in [2.45, 2.75) is 68.6 Å². The van der Waals surface area contributed by atoms with Crippen molar-refractivity contribution in [2.75, 3.05) is 25.4 Å². The Morgan fingerprint density at radius 3 is 2.21 bits per heavy atom. The number of carbonyl (C=O) groups is 1. The summed E-state index contributed by atoms with van der Waals surface area (Å²) >= 11 is 0. The molecule has 2 aromatic rings. The fourth-order valence-corrected chi connectivity index (χ4v) is 8.73. The average Bonchev–Trinajstić information content (AvgIpc) is 3.31. The third-order valence-electron chi connectivity index (χ3n) is 9.87. The van der Waals surface area contributed by atoms with Gasteiger partial charge in [-0.1, -0.05) is 31.4 Å². The molecule has 2 aliphatic carbocycles. The van der Waals surface area contributed by atoms with Crippen molar-refractivity contribution < 1.29 is 27.1 Å². The Labute approximate surface area is 261 Å². The first-order chi connectivity index (χ1) is 19.2. The van der Waals surface area contributed by atoms with Gasteiger partial charge in [-0.2, -0.15) is 0 Å². The Morgan fingerprint density at radius 1 is 0.929 bits per heavy atom. The number of likely N-dealkylation sites (tertiary alicyclic amines) is 1. The van der Waals surface area contributed by atoms with Crippen LogP contribution in [0.2, 0.25) is 0 Å². The van der Waals surface area contributed by atoms with Crippen LogP contribution in [-0.4, -0.2) is 49.8 Å². The van der Waals surface area contributed by atoms with Crippen molar-refractivity contribution in [3.8, 4) is 0 Å². The fourth-order valence-electron chi connectivity index (χ4n) is 7.30. The molecular weight excluding hydrogens is 603 g/mol. The zero-order valence-corrected chi connectivity index (χ0v) is 26.3. The van der Waals surface area contributed by atoms with E-state index in [9.17, 15) is 27.1 Å². The fraction of sp³-hybridized carbons (Fsp3) is 0.594. The predicted molar refractivity (Wildman–Crippen MR) is 165 cm³/mol. The molecule has 1 heterocycles. The molecule has 0 aromatic heterocycles. The van der Waals surface area contributed by atoms with E-state index in [-0.39, 0.29) is 65.0 Å². The van der Waals surface area contributed by atoms with Gasteiger partial charge in [-0.15, -0.1) is 24.8 Å². The van der Waals surface area contributed by atoms with Gasteiger partial charge < -0.3 is 10.0 Å². The first kappa shape index (κ1) is 34.7. The summed E-state index contributed by atoms with van der Waals surface area (Å²) in [5.74, 6) is -0.297. The third kappa shape index (κ3) is 8.67. The summed E-state index contributed by atoms with van der Waals surface area (Å²) in [7, 11) is -3.44. The van der Waals surface area contributed by atoms with Gasteiger partial charge in [-0.05, 0) is 123 Å². The molecule has 10 heteroatoms. The minimum absolute atomic E-state index is 0. The van der Waals surface area contributed by atoms with Crippen LogP contribution in [0, 0.1) is 41.2 Å². The molecule has 1 N–H and O–H groups in total. The van der Waals surface area contributed by atoms with Crippen molar-refractivity contribution in [1.82, 2.24) is 4.90 Å². The van der Waals surface area contributed by atoms with Crippen LogP contribution >= 0.6 is 24.8 Å². The predicted octanol–water partition coefficient (Wildman–Crippen LogP) is 7.39. The summed E-state index contributed by atoms with van der Waals surface area (Å²) in [6, 6.07) is 11.8. The molecule has 1 aliphatic heterocycles. The second-order valence-corrected chi connectivity index (χ2v) is 14.5. The highest BCUT2D eigenvalue weighted by molar-refractivity contribution is 7.91. The van der Waals surface area contributed by atoms with Gasteiger partial charge in [0, 0.05) is 6.54 Å². The van der Waals surface area contributed by atoms with Gasteiger partial charge in [0.2, 0.25) is 0 Å². The first-order valence-electron chi connectivity index (χ1n) is 14.9. The number of piperidine rings is 1. The highest BCUT2D eigenvalue weighted by Gasteiger charge is 2.43. The SMILES string of the molecule is Cl.Cl.O=C(O)[C@@H](CC1CCC1)C1CC(CN2CCC(CCS(=O)(=O)c3ccc(F)cc3)CC2)C(c2cccc(F)c2)C1. The van der Waals surface area contributed by atoms with Crippen LogP contribution in [0.5, 0.6) is 0 Å². The van der Waals surface area contributed by atoms with E-state index < -0.39 is 21.6 Å². The van der Waals surface area contributed by atoms with Gasteiger partial charge >= 0.3 is 5.97 Å². The van der Waals surface area contributed by atoms with Crippen molar-refractivity contribution in [1.29, 1.82) is 0 Å². The number of halogens is 4. The van der Waals surface area contributed by atoms with Crippen molar-refractivity contribution in [2.24, 2.45) is 29.6 Å². The van der Waals surface area contributed by atoms with Gasteiger partial charge in [-0.3, -0.25) is 4.79 Å². The van der Waals surface area contributed by atoms with E-state index in [2.05, 4.69) is 4.90 Å². The van der Waals surface area contributed by atoms with E-state index in [0.29, 0.717) is 18.3 Å². The molecule has 4 atom stereocenters. The van der Waals surface area contributed by atoms with E-state index >= 15 is 0 Å². The maximum atomic E-state index is 14.2. The monoisotopic (exact) mass is 645 g/mol. The van der Waals surface area contributed by atoms with E-state index in [1.54, 1.807) is 12.1 Å². The molecule has 3 aliphatic rings. The van der Waals surface area contributed by atoms with Gasteiger partial charge in [-0.25, -0.2) is 17.2 Å². The van der Waals surface area contributed by atoms with E-state index in [0.717, 1.165) is 70.1 Å². The molecule has 2 saturated carbocycles. The summed E-state index contributed by atoms with van der Waals surface area (Å²) in [5.41, 5.74) is 0.973. The normalized spacial score (nSPS) is 24.3. The van der Waals surface area contributed by atoms with Crippen LogP contribution in [0.4, 0.5) is 8.78 Å². The van der Waals surface area contributed by atoms with E-state index in [1.807, 2.05) is 6.07 Å². The third-order valence-corrected chi connectivity index (χ3v) is 11.6. The molecule has 5 nitrogen and oxygen atoms in total. The topological polar surface area (TPSA) is 74.7 Å². The summed E-state index contributed by atoms with van der Waals surface area (Å²) < 4.78 is 52.8. The second kappa shape index (κ2) is 15.3. The molecule has 0 bridgehead atoms. The van der Waals surface area contributed by atoms with Crippen LogP contribution in [0.25, 0.3) is 0 Å². The summed E-state index contributed by atoms with van der Waals surface area (Å²) in [4.78, 5) is 14.9. The molecule has 0 spiro atoms. The lowest BCUT2D eigenvalue weighted by Crippen LogP contribution is -2.38. The Morgan fingerprint density at radius 2 is 1.62 bits per heavy atom. The molecule has 1 saturated heterocycles. The van der Waals surface area contributed by atoms with Crippen LogP contribution < -0.4 is 0 Å². The molecule has 234 valence electrons. The zero-order chi connectivity index (χ0) is 28.3. The summed E-state index contributed by atoms with van der Waals surface area (Å²) in [5, 5.41) is 10.1. The summed E-state index contributed by atoms with van der Waals surface area (Å²) in [6.45, 7) is 2.61. The van der Waals surface area contributed by atoms with Crippen LogP contribution in [0.15, 0.2) is 53.4 Å². The maximum absolute atomic E-state index is 14.2. The molecule has 0 radical (unpaired) electrons. The quantitative estimate of drug-likeness (QED) is 0.258. The largest absolute Gasteiger partial charge is 0.481 e. The van der Waals surface area contributed by atoms with Gasteiger partial charge in [0.25, 0.3) is 0 Å². The zero-order valence-electron chi connectivity index (χ0n) is 23.9. The van der Waals surface area contributed by atoms with Gasteiger partial charge in [0.15, 0.2) is 9.84 Å². The average molecular weight is 647 g/mol. The van der Waals surface area contributed by atoms with Gasteiger partial charge in [0.05, 0.1) is 16.6 Å². The number of rotatable bonds is 11. The number of carboxylic acids is 1. The molecule has 42 heavy (non-hydrogen) atoms. The minimum Gasteiger partial charge on any atom is -0.481 e. The Bertz CT molecular complexity index is 1270. The van der Waals surface area contributed by atoms with Crippen LogP contribution in [0.1, 0.15) is 69.3 Å². The summed E-state index contributed by atoms with van der Waals surface area (Å²) in [6.07, 6.45) is 8.28. The number of hydrogen-bond donors (Lipinski definition) is 1. The second-order valence-electron chi connectivity index (χ2n) is 12.4. The lowest BCUT2D eigenvalue weighted by molar-refractivity contribution is -0.144. The molecule has 2 aromatic carbocycles. The van der Waals surface area contributed by atoms with Crippen LogP contribution in [0.3, 0.4) is 0 Å². The minimum atomic E-state index is -3.44. The van der Waals surface area contributed by atoms with Crippen molar-refractivity contribution >= 4 is 40.6 Å². The van der Waals surface area contributed by atoms with Crippen molar-refractivity contribution in [3.05, 3.63) is 65.7 Å². The van der Waals surface area contributed by atoms with Crippen LogP contribution in [-0.2, 0) is 14.6 Å². The van der Waals surface area contributed by atoms with Gasteiger partial charge in [0.1, 0.15) is 11.6 Å². The Kier molecular flexibility index (Phi) is 12.7. The first-order valence-corrected chi connectivity index (χ1v) is 16.5. The smallest absolute Gasteiger partial charge is 0.306 e. The number of aliphatic carboxylic acids is 1. The Balaban J connectivity index is 0.00000242. The number of hydrogen-bond acceptors (Lipinski definition) is 4. The molecule has 3 fully saturated rings. The van der Waals surface area contributed by atoms with E-state index in [1.165, 1.54) is 36.8 Å². The van der Waals surface area contributed by atoms with Crippen molar-refractivity contribution in [3.63, 3.8) is 0 Å². The molecular formula is C32H43Cl2F2NO4S. The number of benzene rings is 2. The standard InChI is InChI=1S/C32H41F2NO4S.2ClH/c33-27-7-9-29(10-8-27)40(38,39)16-13-22-11-14-35(15-12-22)21-26-18-25(31(32(36)37)17-23-3-1-4-23)20-30(26)24-5-2-6-28(34)19-24;;/h2,5-10,19,22-23,25-26,30-31H,1,3-4,11-18,20-21H2,(H,36,37);2*1H/t25?,26?,30?,31-;;/m0../s1. The lowest BCUT2D eigenvalue weighted by atomic mass is 9.74. The Hall–Kier alpha value is -1.74. The highest BCUT2D eigenvalue weighted by Crippen LogP contribution is 2.49.